The van der Waals surface area contributed by atoms with Crippen LogP contribution in [0.25, 0.3) is 0 Å². The van der Waals surface area contributed by atoms with Crippen LogP contribution in [0.15, 0.2) is 66.7 Å². The number of aromatic hydroxyl groups is 1. The molecule has 0 unspecified atom stereocenters. The molecule has 5 rings (SSSR count). The topological polar surface area (TPSA) is 41.9 Å². The van der Waals surface area contributed by atoms with Gasteiger partial charge in [0.1, 0.15) is 35.3 Å². The van der Waals surface area contributed by atoms with E-state index in [4.69, 9.17) is 9.47 Å². The van der Waals surface area contributed by atoms with Gasteiger partial charge in [-0.15, -0.1) is 0 Å². The summed E-state index contributed by atoms with van der Waals surface area (Å²) in [4.78, 5) is 2.44. The third-order valence-corrected chi connectivity index (χ3v) is 7.13. The van der Waals surface area contributed by atoms with Crippen molar-refractivity contribution in [3.8, 4) is 17.2 Å². The molecule has 0 spiro atoms. The number of ether oxygens (including phenoxy) is 2. The molecule has 178 valence electrons. The lowest BCUT2D eigenvalue weighted by atomic mass is 9.68. The fraction of sp³-hybridized carbons (Fsp3) is 0.379. The van der Waals surface area contributed by atoms with Crippen molar-refractivity contribution in [1.82, 2.24) is 4.90 Å². The van der Waals surface area contributed by atoms with E-state index in [1.165, 1.54) is 38.1 Å². The minimum absolute atomic E-state index is 0.0246. The van der Waals surface area contributed by atoms with E-state index < -0.39 is 5.60 Å². The van der Waals surface area contributed by atoms with Gasteiger partial charge in [0.05, 0.1) is 0 Å². The van der Waals surface area contributed by atoms with Gasteiger partial charge >= 0.3 is 0 Å². The summed E-state index contributed by atoms with van der Waals surface area (Å²) in [6.07, 6.45) is 2.56. The van der Waals surface area contributed by atoms with Crippen LogP contribution in [0.4, 0.5) is 4.39 Å². The van der Waals surface area contributed by atoms with Crippen molar-refractivity contribution in [2.45, 2.75) is 44.1 Å². The summed E-state index contributed by atoms with van der Waals surface area (Å²) in [6, 6.07) is 20.3. The van der Waals surface area contributed by atoms with Gasteiger partial charge in [-0.05, 0) is 81.2 Å². The maximum Gasteiger partial charge on any atom is 0.127 e. The Morgan fingerprint density at radius 1 is 0.971 bits per heavy atom. The second-order valence-electron chi connectivity index (χ2n) is 9.90. The van der Waals surface area contributed by atoms with E-state index in [9.17, 15) is 9.50 Å². The standard InChI is InChI=1S/C29H32FNO3/c1-29(2)28(21-5-9-22(30)10-6-21)27(25-14-11-23(32)19-26(25)34-29)20-7-12-24(13-8-20)33-18-17-31-15-3-4-16-31/h5-14,19,27-28,32H,3-4,15-18H2,1-2H3/t27-,28+/m1/s1. The Morgan fingerprint density at radius 2 is 1.65 bits per heavy atom. The maximum atomic E-state index is 13.7. The first-order valence-electron chi connectivity index (χ1n) is 12.1. The molecule has 3 aromatic rings. The van der Waals surface area contributed by atoms with Gasteiger partial charge < -0.3 is 14.6 Å². The highest BCUT2D eigenvalue weighted by molar-refractivity contribution is 5.52. The van der Waals surface area contributed by atoms with Crippen LogP contribution in [0.3, 0.4) is 0 Å². The smallest absolute Gasteiger partial charge is 0.127 e. The van der Waals surface area contributed by atoms with E-state index in [-0.39, 0.29) is 23.4 Å². The number of halogens is 1. The molecule has 1 saturated heterocycles. The maximum absolute atomic E-state index is 13.7. The summed E-state index contributed by atoms with van der Waals surface area (Å²) in [6.45, 7) is 8.08. The number of hydrogen-bond acceptors (Lipinski definition) is 4. The summed E-state index contributed by atoms with van der Waals surface area (Å²) in [7, 11) is 0. The zero-order valence-corrected chi connectivity index (χ0v) is 19.8. The molecule has 34 heavy (non-hydrogen) atoms. The molecule has 1 N–H and O–H groups in total. The number of benzene rings is 3. The quantitative estimate of drug-likeness (QED) is 0.482. The van der Waals surface area contributed by atoms with Crippen molar-refractivity contribution in [2.24, 2.45) is 0 Å². The first-order chi connectivity index (χ1) is 16.4. The van der Waals surface area contributed by atoms with E-state index in [0.29, 0.717) is 12.4 Å². The summed E-state index contributed by atoms with van der Waals surface area (Å²) in [5, 5.41) is 10.1. The minimum atomic E-state index is -0.575. The highest BCUT2D eigenvalue weighted by atomic mass is 19.1. The molecule has 0 radical (unpaired) electrons. The highest BCUT2D eigenvalue weighted by Crippen LogP contribution is 2.53. The zero-order chi connectivity index (χ0) is 23.7. The lowest BCUT2D eigenvalue weighted by molar-refractivity contribution is 0.0528. The van der Waals surface area contributed by atoms with Crippen molar-refractivity contribution >= 4 is 0 Å². The average molecular weight is 462 g/mol. The molecule has 0 amide bonds. The third kappa shape index (κ3) is 4.62. The molecule has 4 nitrogen and oxygen atoms in total. The average Bonchev–Trinajstić information content (AvgIpc) is 3.32. The fourth-order valence-corrected chi connectivity index (χ4v) is 5.50. The van der Waals surface area contributed by atoms with Crippen molar-refractivity contribution < 1.29 is 19.0 Å². The molecule has 0 aromatic heterocycles. The number of phenols is 1. The lowest BCUT2D eigenvalue weighted by Gasteiger charge is -2.45. The molecule has 2 heterocycles. The van der Waals surface area contributed by atoms with E-state index in [2.05, 4.69) is 30.9 Å². The normalized spacial score (nSPS) is 21.6. The van der Waals surface area contributed by atoms with E-state index in [1.54, 1.807) is 12.1 Å². The van der Waals surface area contributed by atoms with Gasteiger partial charge in [0, 0.05) is 30.0 Å². The van der Waals surface area contributed by atoms with Crippen molar-refractivity contribution in [3.05, 3.63) is 89.2 Å². The molecule has 5 heteroatoms. The van der Waals surface area contributed by atoms with Crippen LogP contribution in [-0.4, -0.2) is 41.8 Å². The Labute approximate surface area is 200 Å². The third-order valence-electron chi connectivity index (χ3n) is 7.13. The number of nitrogens with zero attached hydrogens (tertiary/aromatic N) is 1. The van der Waals surface area contributed by atoms with Gasteiger partial charge in [0.15, 0.2) is 0 Å². The van der Waals surface area contributed by atoms with Crippen LogP contribution in [0.2, 0.25) is 0 Å². The predicted octanol–water partition coefficient (Wildman–Crippen LogP) is 6.09. The Kier molecular flexibility index (Phi) is 6.22. The molecule has 2 aliphatic heterocycles. The number of phenolic OH excluding ortho intramolecular Hbond substituents is 1. The van der Waals surface area contributed by atoms with Crippen LogP contribution in [0, 0.1) is 5.82 Å². The van der Waals surface area contributed by atoms with Crippen LogP contribution < -0.4 is 9.47 Å². The highest BCUT2D eigenvalue weighted by Gasteiger charge is 2.45. The van der Waals surface area contributed by atoms with Gasteiger partial charge in [0.25, 0.3) is 0 Å². The Hall–Kier alpha value is -3.05. The van der Waals surface area contributed by atoms with Crippen molar-refractivity contribution in [1.29, 1.82) is 0 Å². The zero-order valence-electron chi connectivity index (χ0n) is 19.8. The second-order valence-corrected chi connectivity index (χ2v) is 9.90. The summed E-state index contributed by atoms with van der Waals surface area (Å²) in [5.74, 6) is 1.39. The Bertz CT molecular complexity index is 1120. The van der Waals surface area contributed by atoms with Crippen LogP contribution in [0.1, 0.15) is 55.2 Å². The summed E-state index contributed by atoms with van der Waals surface area (Å²) < 4.78 is 26.1. The fourth-order valence-electron chi connectivity index (χ4n) is 5.50. The largest absolute Gasteiger partial charge is 0.508 e. The molecule has 0 aliphatic carbocycles. The molecule has 3 aromatic carbocycles. The molecule has 2 aliphatic rings. The number of fused-ring (bicyclic) bond motifs is 1. The van der Waals surface area contributed by atoms with Gasteiger partial charge in [-0.25, -0.2) is 4.39 Å². The molecule has 0 bridgehead atoms. The Morgan fingerprint density at radius 3 is 2.35 bits per heavy atom. The first kappa shape index (κ1) is 22.7. The summed E-state index contributed by atoms with van der Waals surface area (Å²) in [5.41, 5.74) is 2.58. The minimum Gasteiger partial charge on any atom is -0.508 e. The van der Waals surface area contributed by atoms with Crippen LogP contribution in [-0.2, 0) is 0 Å². The second kappa shape index (κ2) is 9.30. The molecular formula is C29H32FNO3. The van der Waals surface area contributed by atoms with Gasteiger partial charge in [-0.3, -0.25) is 4.90 Å². The van der Waals surface area contributed by atoms with Crippen LogP contribution in [0.5, 0.6) is 17.2 Å². The summed E-state index contributed by atoms with van der Waals surface area (Å²) >= 11 is 0. The molecule has 2 atom stereocenters. The SMILES string of the molecule is CC1(C)Oc2cc(O)ccc2[C@@H](c2ccc(OCCN3CCCC3)cc2)[C@@H]1c1ccc(F)cc1. The van der Waals surface area contributed by atoms with Crippen molar-refractivity contribution in [3.63, 3.8) is 0 Å². The van der Waals surface area contributed by atoms with Gasteiger partial charge in [-0.2, -0.15) is 0 Å². The van der Waals surface area contributed by atoms with Gasteiger partial charge in [0.2, 0.25) is 0 Å². The Balaban J connectivity index is 1.46. The van der Waals surface area contributed by atoms with Crippen molar-refractivity contribution in [2.75, 3.05) is 26.2 Å². The number of likely N-dealkylation sites (tertiary alicyclic amines) is 1. The predicted molar refractivity (Wildman–Crippen MR) is 131 cm³/mol. The van der Waals surface area contributed by atoms with E-state index in [1.807, 2.05) is 30.3 Å². The van der Waals surface area contributed by atoms with Crippen LogP contribution >= 0.6 is 0 Å². The van der Waals surface area contributed by atoms with E-state index >= 15 is 0 Å². The molecule has 1 fully saturated rings. The number of hydrogen-bond donors (Lipinski definition) is 1. The monoisotopic (exact) mass is 461 g/mol. The molecule has 0 saturated carbocycles. The van der Waals surface area contributed by atoms with E-state index in [0.717, 1.165) is 29.0 Å². The first-order valence-corrected chi connectivity index (χ1v) is 12.1. The lowest BCUT2D eigenvalue weighted by Crippen LogP contribution is -2.43. The molecular weight excluding hydrogens is 429 g/mol. The number of rotatable bonds is 6. The van der Waals surface area contributed by atoms with Gasteiger partial charge in [-0.1, -0.05) is 30.3 Å².